The van der Waals surface area contributed by atoms with Gasteiger partial charge < -0.3 is 0 Å². The Hall–Kier alpha value is 0.200. The van der Waals surface area contributed by atoms with E-state index in [1.807, 2.05) is 0 Å². The van der Waals surface area contributed by atoms with Gasteiger partial charge in [-0.2, -0.15) is 0 Å². The summed E-state index contributed by atoms with van der Waals surface area (Å²) in [6.45, 7) is 0. The van der Waals surface area contributed by atoms with Crippen molar-refractivity contribution in [3.05, 3.63) is 0 Å². The summed E-state index contributed by atoms with van der Waals surface area (Å²) in [6, 6.07) is 0. The molecule has 0 atom stereocenters. The lowest BCUT2D eigenvalue weighted by atomic mass is 11.3. The molecule has 0 spiro atoms. The SMILES string of the molecule is CN(C)S(C)(=O)=O.Cl. The van der Waals surface area contributed by atoms with E-state index in [1.165, 1.54) is 14.1 Å². The van der Waals surface area contributed by atoms with Crippen LogP contribution in [0.5, 0.6) is 0 Å². The normalized spacial score (nSPS) is 11.0. The Labute approximate surface area is 56.1 Å². The van der Waals surface area contributed by atoms with Crippen LogP contribution in [0.4, 0.5) is 0 Å². The van der Waals surface area contributed by atoms with Gasteiger partial charge in [0.2, 0.25) is 10.0 Å². The zero-order chi connectivity index (χ0) is 6.08. The van der Waals surface area contributed by atoms with Crippen molar-refractivity contribution in [1.29, 1.82) is 0 Å². The summed E-state index contributed by atoms with van der Waals surface area (Å²) >= 11 is 0. The van der Waals surface area contributed by atoms with Crippen molar-refractivity contribution in [2.45, 2.75) is 0 Å². The molecule has 0 aliphatic heterocycles. The minimum Gasteiger partial charge on any atom is -0.213 e. The monoisotopic (exact) mass is 159 g/mol. The number of halogens is 1. The van der Waals surface area contributed by atoms with E-state index in [4.69, 9.17) is 0 Å². The second kappa shape index (κ2) is 3.27. The van der Waals surface area contributed by atoms with E-state index in [9.17, 15) is 8.42 Å². The van der Waals surface area contributed by atoms with Gasteiger partial charge in [0.1, 0.15) is 0 Å². The van der Waals surface area contributed by atoms with Crippen molar-refractivity contribution in [2.75, 3.05) is 20.4 Å². The molecule has 0 amide bonds. The minimum atomic E-state index is -2.91. The van der Waals surface area contributed by atoms with Crippen LogP contribution in [-0.2, 0) is 10.0 Å². The number of rotatable bonds is 1. The van der Waals surface area contributed by atoms with Crippen LogP contribution in [0.15, 0.2) is 0 Å². The van der Waals surface area contributed by atoms with Crippen LogP contribution in [-0.4, -0.2) is 33.1 Å². The van der Waals surface area contributed by atoms with E-state index in [0.717, 1.165) is 10.6 Å². The van der Waals surface area contributed by atoms with Crippen molar-refractivity contribution in [3.63, 3.8) is 0 Å². The van der Waals surface area contributed by atoms with Crippen LogP contribution in [0, 0.1) is 0 Å². The lowest BCUT2D eigenvalue weighted by molar-refractivity contribution is 0.527. The van der Waals surface area contributed by atoms with E-state index in [1.54, 1.807) is 0 Å². The van der Waals surface area contributed by atoms with Gasteiger partial charge in [0.25, 0.3) is 0 Å². The second-order valence-electron chi connectivity index (χ2n) is 1.55. The number of nitrogens with zero attached hydrogens (tertiary/aromatic N) is 1. The number of hydrogen-bond acceptors (Lipinski definition) is 2. The van der Waals surface area contributed by atoms with Crippen LogP contribution in [0.3, 0.4) is 0 Å². The van der Waals surface area contributed by atoms with Crippen LogP contribution in [0.25, 0.3) is 0 Å². The van der Waals surface area contributed by atoms with Crippen molar-refractivity contribution >= 4 is 22.4 Å². The predicted octanol–water partition coefficient (Wildman–Crippen LogP) is -0.0706. The summed E-state index contributed by atoms with van der Waals surface area (Å²) < 4.78 is 21.7. The van der Waals surface area contributed by atoms with Gasteiger partial charge in [-0.25, -0.2) is 12.7 Å². The zero-order valence-corrected chi connectivity index (χ0v) is 6.71. The van der Waals surface area contributed by atoms with Gasteiger partial charge in [0, 0.05) is 14.1 Å². The highest BCUT2D eigenvalue weighted by atomic mass is 35.5. The molecule has 52 valence electrons. The van der Waals surface area contributed by atoms with E-state index in [-0.39, 0.29) is 12.4 Å². The third-order valence-electron chi connectivity index (χ3n) is 0.663. The molecule has 0 heterocycles. The van der Waals surface area contributed by atoms with Gasteiger partial charge >= 0.3 is 0 Å². The van der Waals surface area contributed by atoms with Crippen molar-refractivity contribution in [2.24, 2.45) is 0 Å². The molecule has 0 radical (unpaired) electrons. The van der Waals surface area contributed by atoms with Gasteiger partial charge in [-0.3, -0.25) is 0 Å². The first-order valence-corrected chi connectivity index (χ1v) is 3.67. The summed E-state index contributed by atoms with van der Waals surface area (Å²) in [5.41, 5.74) is 0. The highest BCUT2D eigenvalue weighted by molar-refractivity contribution is 7.88. The molecule has 0 aromatic carbocycles. The van der Waals surface area contributed by atoms with E-state index in [0.29, 0.717) is 0 Å². The Morgan fingerprint density at radius 2 is 1.38 bits per heavy atom. The maximum atomic E-state index is 10.3. The molecule has 0 fully saturated rings. The fourth-order valence-electron chi connectivity index (χ4n) is 0. The summed E-state index contributed by atoms with van der Waals surface area (Å²) in [4.78, 5) is 0. The fraction of sp³-hybridized carbons (Fsp3) is 1.00. The lowest BCUT2D eigenvalue weighted by Gasteiger charge is -2.02. The highest BCUT2D eigenvalue weighted by Gasteiger charge is 2.00. The molecule has 3 nitrogen and oxygen atoms in total. The van der Waals surface area contributed by atoms with Crippen molar-refractivity contribution in [3.8, 4) is 0 Å². The maximum Gasteiger partial charge on any atom is 0.210 e. The van der Waals surface area contributed by atoms with E-state index >= 15 is 0 Å². The molecule has 0 saturated carbocycles. The van der Waals surface area contributed by atoms with Gasteiger partial charge in [0.05, 0.1) is 6.26 Å². The average molecular weight is 160 g/mol. The van der Waals surface area contributed by atoms with Crippen molar-refractivity contribution in [1.82, 2.24) is 4.31 Å². The minimum absolute atomic E-state index is 0. The molecule has 0 N–H and O–H groups in total. The number of sulfonamides is 1. The summed E-state index contributed by atoms with van der Waals surface area (Å²) in [6.07, 6.45) is 1.16. The van der Waals surface area contributed by atoms with E-state index in [2.05, 4.69) is 0 Å². The maximum absolute atomic E-state index is 10.3. The molecule has 0 aromatic heterocycles. The molecule has 0 rings (SSSR count). The van der Waals surface area contributed by atoms with Gasteiger partial charge in [-0.05, 0) is 0 Å². The van der Waals surface area contributed by atoms with Gasteiger partial charge in [0.15, 0.2) is 0 Å². The Kier molecular flexibility index (Phi) is 4.52. The molecule has 5 heteroatoms. The summed E-state index contributed by atoms with van der Waals surface area (Å²) in [5.74, 6) is 0. The first-order chi connectivity index (χ1) is 2.94. The summed E-state index contributed by atoms with van der Waals surface area (Å²) in [7, 11) is 0.0833. The fourth-order valence-corrected chi connectivity index (χ4v) is 0. The highest BCUT2D eigenvalue weighted by Crippen LogP contribution is 1.82. The molecular weight excluding hydrogens is 150 g/mol. The molecule has 0 bridgehead atoms. The topological polar surface area (TPSA) is 37.4 Å². The molecular formula is C3H10ClNO2S. The lowest BCUT2D eigenvalue weighted by Crippen LogP contribution is -2.19. The van der Waals surface area contributed by atoms with E-state index < -0.39 is 10.0 Å². The quantitative estimate of drug-likeness (QED) is 0.537. The Morgan fingerprint density at radius 1 is 1.25 bits per heavy atom. The molecule has 8 heavy (non-hydrogen) atoms. The first kappa shape index (κ1) is 11.1. The summed E-state index contributed by atoms with van der Waals surface area (Å²) in [5, 5.41) is 0. The largest absolute Gasteiger partial charge is 0.213 e. The molecule has 0 aliphatic carbocycles. The van der Waals surface area contributed by atoms with Gasteiger partial charge in [-0.1, -0.05) is 0 Å². The molecule has 0 aliphatic rings. The van der Waals surface area contributed by atoms with Crippen LogP contribution >= 0.6 is 12.4 Å². The second-order valence-corrected chi connectivity index (χ2v) is 3.74. The third-order valence-corrected chi connectivity index (χ3v) is 1.99. The molecule has 0 saturated heterocycles. The van der Waals surface area contributed by atoms with Crippen LogP contribution in [0.2, 0.25) is 0 Å². The number of hydrogen-bond donors (Lipinski definition) is 0. The predicted molar refractivity (Wildman–Crippen MR) is 35.8 cm³/mol. The first-order valence-electron chi connectivity index (χ1n) is 1.82. The zero-order valence-electron chi connectivity index (χ0n) is 5.08. The van der Waals surface area contributed by atoms with Crippen LogP contribution in [0.1, 0.15) is 0 Å². The third kappa shape index (κ3) is 4.36. The Balaban J connectivity index is 0. The average Bonchev–Trinajstić information content (AvgIpc) is 1.31. The molecule has 0 aromatic rings. The standard InChI is InChI=1S/C3H9NO2S.ClH/c1-4(2)7(3,5)6;/h1-3H3;1H. The van der Waals surface area contributed by atoms with Crippen LogP contribution < -0.4 is 0 Å². The van der Waals surface area contributed by atoms with Crippen molar-refractivity contribution < 1.29 is 8.42 Å². The van der Waals surface area contributed by atoms with Gasteiger partial charge in [-0.15, -0.1) is 12.4 Å². The Morgan fingerprint density at radius 3 is 1.38 bits per heavy atom. The Bertz CT molecular complexity index is 139. The molecule has 0 unspecified atom stereocenters. The smallest absolute Gasteiger partial charge is 0.210 e.